The van der Waals surface area contributed by atoms with Crippen molar-refractivity contribution in [2.75, 3.05) is 35.7 Å². The van der Waals surface area contributed by atoms with Gasteiger partial charge >= 0.3 is 23.8 Å². The number of hydrazone groups is 2. The molecule has 0 aliphatic heterocycles. The van der Waals surface area contributed by atoms with Crippen molar-refractivity contribution in [1.29, 1.82) is 0 Å². The lowest BCUT2D eigenvalue weighted by Gasteiger charge is -2.18. The number of Topliss-reactive ketones (excluding diaryl/α,β-unsaturated/α-hetero) is 2. The highest BCUT2D eigenvalue weighted by molar-refractivity contribution is 7.91. The van der Waals surface area contributed by atoms with Crippen molar-refractivity contribution >= 4 is 125 Å². The summed E-state index contributed by atoms with van der Waals surface area (Å²) in [4.78, 5) is 74.0. The van der Waals surface area contributed by atoms with E-state index in [1.54, 1.807) is 0 Å². The second-order valence-corrected chi connectivity index (χ2v) is 16.6. The van der Waals surface area contributed by atoms with Gasteiger partial charge in [0.15, 0.2) is 11.4 Å². The van der Waals surface area contributed by atoms with Crippen LogP contribution in [0.25, 0.3) is 12.2 Å². The summed E-state index contributed by atoms with van der Waals surface area (Å²) in [5.74, 6) is -7.71. The summed E-state index contributed by atoms with van der Waals surface area (Å²) < 4.78 is 79.7. The van der Waals surface area contributed by atoms with Crippen LogP contribution in [0.5, 0.6) is 11.5 Å². The van der Waals surface area contributed by atoms with Crippen LogP contribution in [0.4, 0.5) is 22.7 Å². The zero-order valence-electron chi connectivity index (χ0n) is 32.1. The number of hydrogen-bond donors (Lipinski definition) is 8. The Bertz CT molecular complexity index is 2940. The van der Waals surface area contributed by atoms with Crippen molar-refractivity contribution in [2.45, 2.75) is 0 Å². The minimum Gasteiger partial charge on any atom is -0.496 e. The summed E-state index contributed by atoms with van der Waals surface area (Å²) in [6.45, 7) is 0. The molecule has 2 amide bonds. The van der Waals surface area contributed by atoms with Crippen molar-refractivity contribution in [3.8, 4) is 11.5 Å². The molecule has 0 bridgehead atoms. The number of methoxy groups -OCH3 is 2. The van der Waals surface area contributed by atoms with E-state index in [0.29, 0.717) is 0 Å². The number of hydrogen-bond acceptors (Lipinski definition) is 16. The fourth-order valence-electron chi connectivity index (χ4n) is 5.99. The van der Waals surface area contributed by atoms with Crippen LogP contribution < -0.4 is 31.0 Å². The molecule has 26 heteroatoms. The molecule has 0 fully saturated rings. The number of carboxylic acids is 2. The number of carbonyl (C=O) groups is 6. The Balaban J connectivity index is 1.21. The maximum absolute atomic E-state index is 13.5. The molecule has 0 heterocycles. The van der Waals surface area contributed by atoms with Gasteiger partial charge in [0.05, 0.1) is 35.6 Å². The molecule has 8 N–H and O–H groups in total. The Morgan fingerprint density at radius 2 is 0.953 bits per heavy atom. The summed E-state index contributed by atoms with van der Waals surface area (Å²) in [6.07, 6.45) is 1.72. The predicted octanol–water partition coefficient (Wildman–Crippen LogP) is 4.77. The average molecular weight is 958 g/mol. The molecule has 330 valence electrons. The van der Waals surface area contributed by atoms with E-state index < -0.39 is 76.8 Å². The fourth-order valence-corrected chi connectivity index (χ4v) is 7.72. The third-order valence-electron chi connectivity index (χ3n) is 8.96. The van der Waals surface area contributed by atoms with Crippen molar-refractivity contribution in [3.05, 3.63) is 114 Å². The summed E-state index contributed by atoms with van der Waals surface area (Å²) in [6, 6.07) is 11.2. The van der Waals surface area contributed by atoms with Gasteiger partial charge in [0, 0.05) is 34.6 Å². The molecule has 0 atom stereocenters. The maximum Gasteiger partial charge on any atom is 0.339 e. The van der Waals surface area contributed by atoms with E-state index in [1.165, 1.54) is 26.4 Å². The lowest BCUT2D eigenvalue weighted by molar-refractivity contribution is -0.132. The first-order valence-electron chi connectivity index (χ1n) is 17.3. The number of anilines is 4. The Labute approximate surface area is 369 Å². The summed E-state index contributed by atoms with van der Waals surface area (Å²) in [5.41, 5.74) is 1.42. The number of benzene rings is 4. The molecular weight excluding hydrogens is 931 g/mol. The molecule has 2 aliphatic rings. The third kappa shape index (κ3) is 9.45. The minimum atomic E-state index is -5.15. The maximum atomic E-state index is 13.5. The molecule has 0 radical (unpaired) electrons. The van der Waals surface area contributed by atoms with Gasteiger partial charge in [0.1, 0.15) is 32.4 Å². The summed E-state index contributed by atoms with van der Waals surface area (Å²) in [7, 11) is -7.95. The second-order valence-electron chi connectivity index (χ2n) is 13.0. The minimum absolute atomic E-state index is 0.103. The summed E-state index contributed by atoms with van der Waals surface area (Å²) in [5, 5.41) is 30.5. The van der Waals surface area contributed by atoms with Gasteiger partial charge in [-0.15, -0.1) is 0 Å². The van der Waals surface area contributed by atoms with Gasteiger partial charge in [-0.05, 0) is 71.8 Å². The van der Waals surface area contributed by atoms with Gasteiger partial charge in [-0.25, -0.2) is 9.59 Å². The molecule has 0 spiro atoms. The molecule has 0 unspecified atom stereocenters. The van der Waals surface area contributed by atoms with Gasteiger partial charge in [-0.2, -0.15) is 27.0 Å². The lowest BCUT2D eigenvalue weighted by atomic mass is 9.94. The van der Waals surface area contributed by atoms with Crippen LogP contribution >= 0.6 is 23.2 Å². The van der Waals surface area contributed by atoms with Gasteiger partial charge in [-0.3, -0.25) is 39.1 Å². The van der Waals surface area contributed by atoms with E-state index >= 15 is 0 Å². The SMILES string of the molecule is COc1cc(N/N=C2\C(=O)c3ccc(NC(=O)C(=O)Nc4ccc5c(c4)C=C(S(=O)(=O)O)/C(=N/Nc4cc(OC)c(C(=O)O)cc4Cl)C5=O)cc3C=C2S(=O)(=O)O)c(Cl)cc1C(=O)O. The Morgan fingerprint density at radius 1 is 0.594 bits per heavy atom. The molecule has 2 aliphatic carbocycles. The topological polar surface area (TPSA) is 343 Å². The molecule has 22 nitrogen and oxygen atoms in total. The number of carbonyl (C=O) groups excluding carboxylic acids is 4. The standard InChI is InChI=1S/C38H26Cl2N6O16S2/c1-61-27-13-25(23(39)11-21(27)37(51)52)43-45-31-29(63(55,56)57)9-15-7-17(3-5-19(15)33(31)47)41-35(49)36(50)42-18-4-6-20-16(8-18)10-30(64(58,59)60)32(34(20)48)46-44-26-14-28(62-2)22(38(53)54)12-24(26)40/h3-14,43-44H,1-2H3,(H,41,49)(H,42,50)(H,51,52)(H,53,54)(H,55,56,57)(H,58,59,60)/b45-31-,46-32-. The van der Waals surface area contributed by atoms with Gasteiger partial charge in [-0.1, -0.05) is 23.2 Å². The van der Waals surface area contributed by atoms with Crippen molar-refractivity contribution < 1.29 is 74.4 Å². The number of nitrogens with zero attached hydrogens (tertiary/aromatic N) is 2. The first-order valence-corrected chi connectivity index (χ1v) is 20.9. The predicted molar refractivity (Wildman–Crippen MR) is 230 cm³/mol. The van der Waals surface area contributed by atoms with Crippen molar-refractivity contribution in [1.82, 2.24) is 0 Å². The van der Waals surface area contributed by atoms with Crippen LogP contribution in [0.3, 0.4) is 0 Å². The number of halogens is 2. The zero-order valence-corrected chi connectivity index (χ0v) is 35.2. The average Bonchev–Trinajstić information content (AvgIpc) is 3.22. The van der Waals surface area contributed by atoms with E-state index in [2.05, 4.69) is 31.7 Å². The van der Waals surface area contributed by atoms with E-state index in [-0.39, 0.29) is 77.7 Å². The number of rotatable bonds is 12. The van der Waals surface area contributed by atoms with E-state index in [4.69, 9.17) is 32.7 Å². The monoisotopic (exact) mass is 956 g/mol. The van der Waals surface area contributed by atoms with Crippen LogP contribution in [0.15, 0.2) is 80.7 Å². The van der Waals surface area contributed by atoms with Gasteiger partial charge in [0.2, 0.25) is 11.6 Å². The van der Waals surface area contributed by atoms with E-state index in [1.807, 2.05) is 0 Å². The fraction of sp³-hybridized carbons (Fsp3) is 0.0526. The number of allylic oxidation sites excluding steroid dienone is 2. The van der Waals surface area contributed by atoms with Crippen LogP contribution in [-0.4, -0.2) is 97.1 Å². The molecule has 4 aromatic carbocycles. The van der Waals surface area contributed by atoms with Crippen molar-refractivity contribution in [2.24, 2.45) is 10.2 Å². The number of aromatic carboxylic acids is 2. The second kappa shape index (κ2) is 17.7. The molecular formula is C38H26Cl2N6O16S2. The highest BCUT2D eigenvalue weighted by Gasteiger charge is 2.35. The lowest BCUT2D eigenvalue weighted by Crippen LogP contribution is -2.30. The molecule has 64 heavy (non-hydrogen) atoms. The number of ether oxygens (including phenoxy) is 2. The molecule has 6 rings (SSSR count). The number of ketones is 2. The smallest absolute Gasteiger partial charge is 0.339 e. The number of carboxylic acid groups (broad SMARTS) is 2. The Kier molecular flexibility index (Phi) is 12.7. The highest BCUT2D eigenvalue weighted by atomic mass is 35.5. The highest BCUT2D eigenvalue weighted by Crippen LogP contribution is 2.35. The number of amides is 2. The largest absolute Gasteiger partial charge is 0.496 e. The third-order valence-corrected chi connectivity index (χ3v) is 11.3. The van der Waals surface area contributed by atoms with Crippen LogP contribution in [-0.2, 0) is 29.8 Å². The molecule has 0 aromatic heterocycles. The number of nitrogens with one attached hydrogen (secondary N) is 4. The van der Waals surface area contributed by atoms with E-state index in [0.717, 1.165) is 60.7 Å². The number of fused-ring (bicyclic) bond motifs is 2. The van der Waals surface area contributed by atoms with Gasteiger partial charge in [0.25, 0.3) is 20.2 Å². The molecule has 0 saturated heterocycles. The zero-order chi connectivity index (χ0) is 47.0. The molecule has 4 aromatic rings. The Hall–Kier alpha value is -7.48. The quantitative estimate of drug-likeness (QED) is 0.0538. The van der Waals surface area contributed by atoms with Gasteiger partial charge < -0.3 is 30.3 Å². The van der Waals surface area contributed by atoms with Crippen molar-refractivity contribution in [3.63, 3.8) is 0 Å². The normalized spacial score (nSPS) is 14.7. The van der Waals surface area contributed by atoms with Crippen LogP contribution in [0.2, 0.25) is 10.0 Å². The summed E-state index contributed by atoms with van der Waals surface area (Å²) >= 11 is 12.3. The molecule has 0 saturated carbocycles. The first-order chi connectivity index (χ1) is 30.0. The first kappa shape index (κ1) is 46.0. The van der Waals surface area contributed by atoms with Crippen LogP contribution in [0.1, 0.15) is 52.6 Å². The Morgan fingerprint density at radius 3 is 1.27 bits per heavy atom. The van der Waals surface area contributed by atoms with E-state index in [9.17, 15) is 64.9 Å². The van der Waals surface area contributed by atoms with Crippen LogP contribution in [0, 0.1) is 0 Å².